The molecule has 0 atom stereocenters. The lowest BCUT2D eigenvalue weighted by molar-refractivity contribution is -0.137. The molecule has 0 saturated carbocycles. The number of nitrogens with one attached hydrogen (secondary N) is 1. The number of hydrogen-bond donors (Lipinski definition) is 1. The van der Waals surface area contributed by atoms with E-state index in [4.69, 9.17) is 9.26 Å². The monoisotopic (exact) mass is 453 g/mol. The molecule has 0 bridgehead atoms. The number of para-hydroxylation sites is 3. The van der Waals surface area contributed by atoms with Crippen LogP contribution in [0.25, 0.3) is 11.4 Å². The topological polar surface area (TPSA) is 77.2 Å². The number of halogens is 3. The van der Waals surface area contributed by atoms with Crippen LogP contribution in [0.5, 0.6) is 11.5 Å². The van der Waals surface area contributed by atoms with E-state index in [9.17, 15) is 18.0 Å². The minimum Gasteiger partial charge on any atom is -0.455 e. The molecular weight excluding hydrogens is 435 g/mol. The molecule has 0 aliphatic rings. The van der Waals surface area contributed by atoms with Gasteiger partial charge in [-0.3, -0.25) is 4.79 Å². The lowest BCUT2D eigenvalue weighted by Crippen LogP contribution is -2.13. The van der Waals surface area contributed by atoms with Crippen LogP contribution in [0.15, 0.2) is 83.4 Å². The molecule has 0 radical (unpaired) electrons. The summed E-state index contributed by atoms with van der Waals surface area (Å²) in [5.74, 6) is 0.983. The van der Waals surface area contributed by atoms with Gasteiger partial charge in [-0.05, 0) is 36.4 Å². The average molecular weight is 453 g/mol. The molecule has 168 valence electrons. The van der Waals surface area contributed by atoms with Crippen molar-refractivity contribution in [2.24, 2.45) is 0 Å². The van der Waals surface area contributed by atoms with Gasteiger partial charge in [0, 0.05) is 18.4 Å². The van der Waals surface area contributed by atoms with Gasteiger partial charge in [0.05, 0.1) is 11.3 Å². The second-order valence-corrected chi connectivity index (χ2v) is 7.05. The summed E-state index contributed by atoms with van der Waals surface area (Å²) < 4.78 is 49.7. The van der Waals surface area contributed by atoms with Crippen LogP contribution < -0.4 is 10.1 Å². The number of rotatable bonds is 7. The van der Waals surface area contributed by atoms with Crippen molar-refractivity contribution >= 4 is 11.6 Å². The van der Waals surface area contributed by atoms with Crippen LogP contribution in [0, 0.1) is 0 Å². The SMILES string of the molecule is O=C(CCc1nc(-c2cccc(C(F)(F)F)c2)no1)Nc1ccccc1Oc1ccccc1. The summed E-state index contributed by atoms with van der Waals surface area (Å²) in [6.45, 7) is 0. The van der Waals surface area contributed by atoms with Gasteiger partial charge < -0.3 is 14.6 Å². The van der Waals surface area contributed by atoms with E-state index < -0.39 is 11.7 Å². The van der Waals surface area contributed by atoms with Crippen molar-refractivity contribution in [3.63, 3.8) is 0 Å². The zero-order valence-electron chi connectivity index (χ0n) is 17.2. The molecule has 1 N–H and O–H groups in total. The molecule has 0 aliphatic carbocycles. The Kier molecular flexibility index (Phi) is 6.39. The Morgan fingerprint density at radius 2 is 1.73 bits per heavy atom. The second-order valence-electron chi connectivity index (χ2n) is 7.05. The molecule has 1 heterocycles. The fourth-order valence-corrected chi connectivity index (χ4v) is 3.02. The summed E-state index contributed by atoms with van der Waals surface area (Å²) in [5, 5.41) is 6.51. The molecule has 33 heavy (non-hydrogen) atoms. The molecule has 3 aromatic carbocycles. The first kappa shape index (κ1) is 22.1. The van der Waals surface area contributed by atoms with Crippen molar-refractivity contribution in [1.82, 2.24) is 10.1 Å². The van der Waals surface area contributed by atoms with Gasteiger partial charge in [0.15, 0.2) is 5.75 Å². The smallest absolute Gasteiger partial charge is 0.416 e. The largest absolute Gasteiger partial charge is 0.455 e. The van der Waals surface area contributed by atoms with Crippen molar-refractivity contribution in [2.75, 3.05) is 5.32 Å². The quantitative estimate of drug-likeness (QED) is 0.365. The fraction of sp³-hybridized carbons (Fsp3) is 0.125. The Labute approximate surface area is 187 Å². The lowest BCUT2D eigenvalue weighted by Gasteiger charge is -2.11. The zero-order valence-corrected chi connectivity index (χ0v) is 17.2. The van der Waals surface area contributed by atoms with Crippen LogP contribution in [-0.2, 0) is 17.4 Å². The lowest BCUT2D eigenvalue weighted by atomic mass is 10.1. The molecule has 9 heteroatoms. The Morgan fingerprint density at radius 3 is 2.52 bits per heavy atom. The van der Waals surface area contributed by atoms with Gasteiger partial charge in [0.2, 0.25) is 17.6 Å². The van der Waals surface area contributed by atoms with E-state index >= 15 is 0 Å². The fourth-order valence-electron chi connectivity index (χ4n) is 3.02. The van der Waals surface area contributed by atoms with Gasteiger partial charge in [0.1, 0.15) is 5.75 Å². The molecular formula is C24H18F3N3O3. The van der Waals surface area contributed by atoms with Gasteiger partial charge in [-0.15, -0.1) is 0 Å². The first-order valence-electron chi connectivity index (χ1n) is 10.0. The normalized spacial score (nSPS) is 11.2. The molecule has 4 aromatic rings. The number of alkyl halides is 3. The van der Waals surface area contributed by atoms with Crippen LogP contribution in [0.2, 0.25) is 0 Å². The van der Waals surface area contributed by atoms with Crippen LogP contribution in [-0.4, -0.2) is 16.0 Å². The minimum absolute atomic E-state index is 0.0260. The van der Waals surface area contributed by atoms with Crippen molar-refractivity contribution in [2.45, 2.75) is 19.0 Å². The Bertz CT molecular complexity index is 1240. The third kappa shape index (κ3) is 5.76. The predicted molar refractivity (Wildman–Crippen MR) is 115 cm³/mol. The first-order valence-corrected chi connectivity index (χ1v) is 10.0. The first-order chi connectivity index (χ1) is 15.9. The highest BCUT2D eigenvalue weighted by atomic mass is 19.4. The maximum atomic E-state index is 12.9. The number of aromatic nitrogens is 2. The number of ether oxygens (including phenoxy) is 1. The average Bonchev–Trinajstić information content (AvgIpc) is 3.28. The maximum absolute atomic E-state index is 12.9. The predicted octanol–water partition coefficient (Wildman–Crippen LogP) is 6.12. The molecule has 0 fully saturated rings. The van der Waals surface area contributed by atoms with Crippen molar-refractivity contribution in [3.8, 4) is 22.9 Å². The zero-order chi connectivity index (χ0) is 23.3. The summed E-state index contributed by atoms with van der Waals surface area (Å²) in [7, 11) is 0. The van der Waals surface area contributed by atoms with Crippen molar-refractivity contribution in [1.29, 1.82) is 0 Å². The number of carbonyl (C=O) groups excluding carboxylic acids is 1. The summed E-state index contributed by atoms with van der Waals surface area (Å²) >= 11 is 0. The molecule has 6 nitrogen and oxygen atoms in total. The van der Waals surface area contributed by atoms with E-state index in [1.54, 1.807) is 36.4 Å². The van der Waals surface area contributed by atoms with E-state index in [2.05, 4.69) is 15.5 Å². The highest BCUT2D eigenvalue weighted by Gasteiger charge is 2.30. The van der Waals surface area contributed by atoms with E-state index in [1.165, 1.54) is 12.1 Å². The summed E-state index contributed by atoms with van der Waals surface area (Å²) in [5.41, 5.74) is -0.125. The molecule has 1 amide bonds. The number of aryl methyl sites for hydroxylation is 1. The van der Waals surface area contributed by atoms with Gasteiger partial charge in [0.25, 0.3) is 0 Å². The van der Waals surface area contributed by atoms with Crippen molar-refractivity contribution in [3.05, 3.63) is 90.3 Å². The number of anilines is 1. The van der Waals surface area contributed by atoms with Crippen molar-refractivity contribution < 1.29 is 27.2 Å². The van der Waals surface area contributed by atoms with E-state index in [1.807, 2.05) is 18.2 Å². The number of carbonyl (C=O) groups is 1. The molecule has 0 saturated heterocycles. The van der Waals surface area contributed by atoms with Gasteiger partial charge in [-0.25, -0.2) is 0 Å². The number of amides is 1. The summed E-state index contributed by atoms with van der Waals surface area (Å²) in [6, 6.07) is 20.8. The Balaban J connectivity index is 1.38. The molecule has 0 aliphatic heterocycles. The third-order valence-corrected chi connectivity index (χ3v) is 4.61. The Morgan fingerprint density at radius 1 is 0.970 bits per heavy atom. The second kappa shape index (κ2) is 9.56. The van der Waals surface area contributed by atoms with E-state index in [0.717, 1.165) is 12.1 Å². The van der Waals surface area contributed by atoms with Crippen LogP contribution in [0.1, 0.15) is 17.9 Å². The highest BCUT2D eigenvalue weighted by molar-refractivity contribution is 5.92. The molecule has 0 spiro atoms. The molecule has 4 rings (SSSR count). The van der Waals surface area contributed by atoms with Crippen LogP contribution in [0.4, 0.5) is 18.9 Å². The maximum Gasteiger partial charge on any atom is 0.416 e. The van der Waals surface area contributed by atoms with Gasteiger partial charge >= 0.3 is 6.18 Å². The van der Waals surface area contributed by atoms with E-state index in [-0.39, 0.29) is 36.0 Å². The van der Waals surface area contributed by atoms with Crippen LogP contribution in [0.3, 0.4) is 0 Å². The van der Waals surface area contributed by atoms with Gasteiger partial charge in [-0.1, -0.05) is 47.6 Å². The minimum atomic E-state index is -4.47. The summed E-state index contributed by atoms with van der Waals surface area (Å²) in [6.07, 6.45) is -4.31. The molecule has 1 aromatic heterocycles. The highest BCUT2D eigenvalue weighted by Crippen LogP contribution is 2.32. The number of hydrogen-bond acceptors (Lipinski definition) is 5. The Hall–Kier alpha value is -4.14. The van der Waals surface area contributed by atoms with Crippen LogP contribution >= 0.6 is 0 Å². The number of benzene rings is 3. The number of nitrogens with zero attached hydrogens (tertiary/aromatic N) is 2. The molecule has 0 unspecified atom stereocenters. The van der Waals surface area contributed by atoms with Gasteiger partial charge in [-0.2, -0.15) is 18.2 Å². The third-order valence-electron chi connectivity index (χ3n) is 4.61. The standard InChI is InChI=1S/C24H18F3N3O3/c25-24(26,27)17-8-6-7-16(15-17)23-29-22(33-30-23)14-13-21(31)28-19-11-4-5-12-20(19)32-18-9-2-1-3-10-18/h1-12,15H,13-14H2,(H,28,31). The summed E-state index contributed by atoms with van der Waals surface area (Å²) in [4.78, 5) is 16.5. The van der Waals surface area contributed by atoms with E-state index in [0.29, 0.717) is 17.2 Å².